The largest absolute Gasteiger partial charge is 0.344 e. The van der Waals surface area contributed by atoms with E-state index in [4.69, 9.17) is 0 Å². The zero-order valence-corrected chi connectivity index (χ0v) is 13.4. The second kappa shape index (κ2) is 6.30. The molecule has 0 saturated carbocycles. The van der Waals surface area contributed by atoms with Crippen LogP contribution in [0.2, 0.25) is 0 Å². The van der Waals surface area contributed by atoms with Crippen molar-refractivity contribution in [1.29, 1.82) is 0 Å². The number of halogens is 2. The summed E-state index contributed by atoms with van der Waals surface area (Å²) in [6.07, 6.45) is 0. The van der Waals surface area contributed by atoms with Crippen LogP contribution < -0.4 is 5.32 Å². The van der Waals surface area contributed by atoms with E-state index in [0.29, 0.717) is 10.3 Å². The summed E-state index contributed by atoms with van der Waals surface area (Å²) in [5.74, 6) is -0.186. The number of nitrogens with zero attached hydrogens (tertiary/aromatic N) is 1. The summed E-state index contributed by atoms with van der Waals surface area (Å²) in [4.78, 5) is 16.2. The predicted octanol–water partition coefficient (Wildman–Crippen LogP) is 4.10. The van der Waals surface area contributed by atoms with Crippen molar-refractivity contribution in [3.63, 3.8) is 0 Å². The van der Waals surface area contributed by atoms with Crippen LogP contribution in [-0.2, 0) is 0 Å². The highest BCUT2D eigenvalue weighted by atomic mass is 79.9. The summed E-state index contributed by atoms with van der Waals surface area (Å²) in [7, 11) is 0. The Morgan fingerprint density at radius 1 is 1.21 bits per heavy atom. The molecule has 98 valence electrons. The highest BCUT2D eigenvalue weighted by molar-refractivity contribution is 9.10. The van der Waals surface area contributed by atoms with Crippen LogP contribution >= 0.6 is 31.9 Å². The lowest BCUT2D eigenvalue weighted by atomic mass is 10.1. The van der Waals surface area contributed by atoms with Gasteiger partial charge in [0.1, 0.15) is 10.3 Å². The second-order valence-corrected chi connectivity index (χ2v) is 5.82. The predicted molar refractivity (Wildman–Crippen MR) is 82.0 cm³/mol. The van der Waals surface area contributed by atoms with Crippen molar-refractivity contribution < 1.29 is 4.79 Å². The molecule has 1 atom stereocenters. The van der Waals surface area contributed by atoms with Gasteiger partial charge in [-0.3, -0.25) is 4.79 Å². The minimum Gasteiger partial charge on any atom is -0.344 e. The molecule has 0 spiro atoms. The first-order valence-corrected chi connectivity index (χ1v) is 7.34. The molecule has 0 fully saturated rings. The normalized spacial score (nSPS) is 11.9. The fraction of sp³-hybridized carbons (Fsp3) is 0.143. The Labute approximate surface area is 128 Å². The van der Waals surface area contributed by atoms with Gasteiger partial charge in [-0.05, 0) is 52.7 Å². The lowest BCUT2D eigenvalue weighted by molar-refractivity contribution is 0.0934. The minimum atomic E-state index is -0.186. The van der Waals surface area contributed by atoms with E-state index in [-0.39, 0.29) is 11.9 Å². The maximum absolute atomic E-state index is 12.1. The Morgan fingerprint density at radius 3 is 2.63 bits per heavy atom. The molecule has 1 amide bonds. The van der Waals surface area contributed by atoms with Crippen LogP contribution in [0, 0.1) is 0 Å². The zero-order chi connectivity index (χ0) is 13.8. The first-order valence-electron chi connectivity index (χ1n) is 5.75. The number of carbonyl (C=O) groups is 1. The van der Waals surface area contributed by atoms with Gasteiger partial charge in [0.25, 0.3) is 5.91 Å². The average molecular weight is 384 g/mol. The molecule has 0 radical (unpaired) electrons. The van der Waals surface area contributed by atoms with Crippen molar-refractivity contribution in [3.8, 4) is 0 Å². The van der Waals surface area contributed by atoms with Gasteiger partial charge in [-0.2, -0.15) is 0 Å². The monoisotopic (exact) mass is 382 g/mol. The number of amides is 1. The number of carbonyl (C=O) groups excluding carboxylic acids is 1. The molecular formula is C14H12Br2N2O. The van der Waals surface area contributed by atoms with Crippen LogP contribution in [-0.4, -0.2) is 10.9 Å². The number of nitrogens with one attached hydrogen (secondary N) is 1. The van der Waals surface area contributed by atoms with E-state index < -0.39 is 0 Å². The summed E-state index contributed by atoms with van der Waals surface area (Å²) in [6, 6.07) is 13.0. The second-order valence-electron chi connectivity index (χ2n) is 4.10. The van der Waals surface area contributed by atoms with E-state index in [1.54, 1.807) is 18.2 Å². The van der Waals surface area contributed by atoms with Gasteiger partial charge in [-0.1, -0.05) is 34.1 Å². The van der Waals surface area contributed by atoms with Crippen LogP contribution in [0.4, 0.5) is 0 Å². The first-order chi connectivity index (χ1) is 9.06. The number of pyridine rings is 1. The van der Waals surface area contributed by atoms with Gasteiger partial charge in [0.05, 0.1) is 6.04 Å². The average Bonchev–Trinajstić information content (AvgIpc) is 2.38. The summed E-state index contributed by atoms with van der Waals surface area (Å²) in [6.45, 7) is 1.94. The Morgan fingerprint density at radius 2 is 1.95 bits per heavy atom. The van der Waals surface area contributed by atoms with Crippen LogP contribution in [0.5, 0.6) is 0 Å². The van der Waals surface area contributed by atoms with Gasteiger partial charge in [0, 0.05) is 4.47 Å². The lowest BCUT2D eigenvalue weighted by Crippen LogP contribution is -2.27. The highest BCUT2D eigenvalue weighted by Gasteiger charge is 2.12. The molecule has 0 bridgehead atoms. The lowest BCUT2D eigenvalue weighted by Gasteiger charge is -2.14. The van der Waals surface area contributed by atoms with Crippen molar-refractivity contribution >= 4 is 37.8 Å². The fourth-order valence-corrected chi connectivity index (χ4v) is 2.43. The van der Waals surface area contributed by atoms with Crippen LogP contribution in [0.1, 0.15) is 29.0 Å². The molecule has 5 heteroatoms. The van der Waals surface area contributed by atoms with Crippen molar-refractivity contribution in [2.75, 3.05) is 0 Å². The summed E-state index contributed by atoms with van der Waals surface area (Å²) >= 11 is 6.67. The van der Waals surface area contributed by atoms with Crippen molar-refractivity contribution in [2.24, 2.45) is 0 Å². The number of hydrogen-bond acceptors (Lipinski definition) is 2. The van der Waals surface area contributed by atoms with Gasteiger partial charge < -0.3 is 5.32 Å². The molecule has 0 aliphatic carbocycles. The van der Waals surface area contributed by atoms with Gasteiger partial charge >= 0.3 is 0 Å². The molecule has 1 N–H and O–H groups in total. The fourth-order valence-electron chi connectivity index (χ4n) is 1.66. The molecule has 19 heavy (non-hydrogen) atoms. The van der Waals surface area contributed by atoms with Gasteiger partial charge in [0.2, 0.25) is 0 Å². The number of hydrogen-bond donors (Lipinski definition) is 1. The first kappa shape index (κ1) is 14.2. The smallest absolute Gasteiger partial charge is 0.270 e. The van der Waals surface area contributed by atoms with Crippen molar-refractivity contribution in [3.05, 3.63) is 62.8 Å². The third-order valence-electron chi connectivity index (χ3n) is 2.64. The molecule has 1 aromatic heterocycles. The quantitative estimate of drug-likeness (QED) is 0.810. The molecule has 3 nitrogen and oxygen atoms in total. The van der Waals surface area contributed by atoms with Gasteiger partial charge in [-0.25, -0.2) is 4.98 Å². The maximum atomic E-state index is 12.1. The van der Waals surface area contributed by atoms with Crippen molar-refractivity contribution in [2.45, 2.75) is 13.0 Å². The Bertz CT molecular complexity index is 602. The van der Waals surface area contributed by atoms with E-state index in [2.05, 4.69) is 42.2 Å². The molecule has 2 aromatic rings. The molecule has 0 aliphatic heterocycles. The number of benzene rings is 1. The van der Waals surface area contributed by atoms with Crippen LogP contribution in [0.15, 0.2) is 51.5 Å². The van der Waals surface area contributed by atoms with E-state index in [1.807, 2.05) is 31.2 Å². The third-order valence-corrected chi connectivity index (χ3v) is 3.58. The SMILES string of the molecule is CC(NC(=O)c1cccc(Br)n1)c1cccc(Br)c1. The van der Waals surface area contributed by atoms with Gasteiger partial charge in [0.15, 0.2) is 0 Å². The number of aromatic nitrogens is 1. The van der Waals surface area contributed by atoms with Crippen LogP contribution in [0.25, 0.3) is 0 Å². The Balaban J connectivity index is 2.11. The summed E-state index contributed by atoms with van der Waals surface area (Å²) in [5, 5.41) is 2.92. The Kier molecular flexibility index (Phi) is 4.71. The van der Waals surface area contributed by atoms with Crippen LogP contribution in [0.3, 0.4) is 0 Å². The Hall–Kier alpha value is -1.20. The van der Waals surface area contributed by atoms with E-state index in [1.165, 1.54) is 0 Å². The molecule has 0 saturated heterocycles. The third kappa shape index (κ3) is 3.88. The highest BCUT2D eigenvalue weighted by Crippen LogP contribution is 2.18. The molecule has 2 rings (SSSR count). The van der Waals surface area contributed by atoms with E-state index in [9.17, 15) is 4.79 Å². The topological polar surface area (TPSA) is 42.0 Å². The molecule has 1 unspecified atom stereocenters. The molecule has 1 heterocycles. The van der Waals surface area contributed by atoms with Crippen molar-refractivity contribution in [1.82, 2.24) is 10.3 Å². The van der Waals surface area contributed by atoms with E-state index in [0.717, 1.165) is 10.0 Å². The van der Waals surface area contributed by atoms with Gasteiger partial charge in [-0.15, -0.1) is 0 Å². The summed E-state index contributed by atoms with van der Waals surface area (Å²) in [5.41, 5.74) is 1.44. The summed E-state index contributed by atoms with van der Waals surface area (Å²) < 4.78 is 1.64. The standard InChI is InChI=1S/C14H12Br2N2O/c1-9(10-4-2-5-11(15)8-10)17-14(19)12-6-3-7-13(16)18-12/h2-9H,1H3,(H,17,19). The molecule has 1 aromatic carbocycles. The zero-order valence-electron chi connectivity index (χ0n) is 10.2. The minimum absolute atomic E-state index is 0.0780. The number of rotatable bonds is 3. The maximum Gasteiger partial charge on any atom is 0.270 e. The molecule has 0 aliphatic rings. The van der Waals surface area contributed by atoms with E-state index >= 15 is 0 Å². The molecular weight excluding hydrogens is 372 g/mol.